The Labute approximate surface area is 190 Å². The van der Waals surface area contributed by atoms with Crippen LogP contribution < -0.4 is 10.6 Å². The van der Waals surface area contributed by atoms with Crippen molar-refractivity contribution in [1.29, 1.82) is 0 Å². The number of hydrogen-bond donors (Lipinski definition) is 2. The second kappa shape index (κ2) is 9.23. The van der Waals surface area contributed by atoms with Gasteiger partial charge in [-0.25, -0.2) is 9.59 Å². The highest BCUT2D eigenvalue weighted by Crippen LogP contribution is 2.23. The lowest BCUT2D eigenvalue weighted by Gasteiger charge is -2.35. The highest BCUT2D eigenvalue weighted by Gasteiger charge is 2.28. The number of nitrogens with zero attached hydrogens (tertiary/aromatic N) is 2. The second-order valence-corrected chi connectivity index (χ2v) is 9.33. The van der Waals surface area contributed by atoms with E-state index in [1.54, 1.807) is 0 Å². The van der Waals surface area contributed by atoms with Crippen LogP contribution in [0.15, 0.2) is 48.5 Å². The SMILES string of the molecule is O=C(NC1CCC(NC(=O)N2CCc3ccccc3C2)CC1)N1CCc2ccccc2C1. The van der Waals surface area contributed by atoms with Gasteiger partial charge in [0.25, 0.3) is 0 Å². The largest absolute Gasteiger partial charge is 0.335 e. The van der Waals surface area contributed by atoms with Crippen molar-refractivity contribution in [1.82, 2.24) is 20.4 Å². The third-order valence-corrected chi connectivity index (χ3v) is 7.22. The first kappa shape index (κ1) is 20.9. The van der Waals surface area contributed by atoms with E-state index in [-0.39, 0.29) is 24.1 Å². The minimum absolute atomic E-state index is 0.0407. The Morgan fingerprint density at radius 1 is 0.625 bits per heavy atom. The number of nitrogens with one attached hydrogen (secondary N) is 2. The Bertz CT molecular complexity index is 904. The fourth-order valence-corrected chi connectivity index (χ4v) is 5.25. The van der Waals surface area contributed by atoms with Crippen molar-refractivity contribution < 1.29 is 9.59 Å². The van der Waals surface area contributed by atoms with Crippen molar-refractivity contribution >= 4 is 12.1 Å². The van der Waals surface area contributed by atoms with Crippen LogP contribution >= 0.6 is 0 Å². The van der Waals surface area contributed by atoms with Gasteiger partial charge in [0.1, 0.15) is 0 Å². The summed E-state index contributed by atoms with van der Waals surface area (Å²) in [5, 5.41) is 6.46. The molecule has 0 saturated heterocycles. The molecule has 0 aromatic heterocycles. The molecule has 168 valence electrons. The zero-order valence-electron chi connectivity index (χ0n) is 18.6. The van der Waals surface area contributed by atoms with Gasteiger partial charge in [-0.1, -0.05) is 48.5 Å². The van der Waals surface area contributed by atoms with Crippen LogP contribution in [0, 0.1) is 0 Å². The zero-order chi connectivity index (χ0) is 21.9. The van der Waals surface area contributed by atoms with Gasteiger partial charge in [0.05, 0.1) is 0 Å². The van der Waals surface area contributed by atoms with Gasteiger partial charge in [0.15, 0.2) is 0 Å². The molecular formula is C26H32N4O2. The average molecular weight is 433 g/mol. The summed E-state index contributed by atoms with van der Waals surface area (Å²) >= 11 is 0. The smallest absolute Gasteiger partial charge is 0.317 e. The van der Waals surface area contributed by atoms with Crippen LogP contribution in [0.4, 0.5) is 9.59 Å². The van der Waals surface area contributed by atoms with Crippen molar-refractivity contribution in [2.45, 2.75) is 63.7 Å². The van der Waals surface area contributed by atoms with Gasteiger partial charge in [-0.3, -0.25) is 0 Å². The Kier molecular flexibility index (Phi) is 6.02. The summed E-state index contributed by atoms with van der Waals surface area (Å²) in [6.07, 6.45) is 5.47. The molecular weight excluding hydrogens is 400 g/mol. The standard InChI is InChI=1S/C26H32N4O2/c31-25(29-15-13-19-5-1-3-7-21(19)17-29)27-23-9-11-24(12-10-23)28-26(32)30-16-14-20-6-2-4-8-22(20)18-30/h1-8,23-24H,9-18H2,(H,27,31)(H,28,32). The first-order chi connectivity index (χ1) is 15.7. The van der Waals surface area contributed by atoms with Crippen LogP contribution in [0.3, 0.4) is 0 Å². The normalized spacial score (nSPS) is 22.5. The number of fused-ring (bicyclic) bond motifs is 2. The summed E-state index contributed by atoms with van der Waals surface area (Å²) < 4.78 is 0. The highest BCUT2D eigenvalue weighted by atomic mass is 16.2. The van der Waals surface area contributed by atoms with Crippen molar-refractivity contribution in [3.05, 3.63) is 70.8 Å². The first-order valence-electron chi connectivity index (χ1n) is 11.9. The maximum atomic E-state index is 12.8. The Morgan fingerprint density at radius 3 is 1.41 bits per heavy atom. The first-order valence-corrected chi connectivity index (χ1v) is 11.9. The van der Waals surface area contributed by atoms with Crippen molar-refractivity contribution in [3.63, 3.8) is 0 Å². The molecule has 0 bridgehead atoms. The molecule has 2 N–H and O–H groups in total. The Hall–Kier alpha value is -3.02. The molecule has 0 atom stereocenters. The molecule has 0 unspecified atom stereocenters. The lowest BCUT2D eigenvalue weighted by molar-refractivity contribution is 0.175. The van der Waals surface area contributed by atoms with Crippen LogP contribution in [0.25, 0.3) is 0 Å². The van der Waals surface area contributed by atoms with Gasteiger partial charge >= 0.3 is 12.1 Å². The molecule has 2 aliphatic heterocycles. The van der Waals surface area contributed by atoms with Crippen molar-refractivity contribution in [2.24, 2.45) is 0 Å². The molecule has 1 aliphatic carbocycles. The maximum Gasteiger partial charge on any atom is 0.317 e. The second-order valence-electron chi connectivity index (χ2n) is 9.33. The fraction of sp³-hybridized carbons (Fsp3) is 0.462. The number of benzene rings is 2. The van der Waals surface area contributed by atoms with E-state index in [9.17, 15) is 9.59 Å². The molecule has 2 heterocycles. The van der Waals surface area contributed by atoms with Gasteiger partial charge in [-0.2, -0.15) is 0 Å². The number of carbonyl (C=O) groups excluding carboxylic acids is 2. The van der Waals surface area contributed by atoms with E-state index in [0.717, 1.165) is 51.6 Å². The number of hydrogen-bond acceptors (Lipinski definition) is 2. The molecule has 32 heavy (non-hydrogen) atoms. The maximum absolute atomic E-state index is 12.8. The Balaban J connectivity index is 1.07. The summed E-state index contributed by atoms with van der Waals surface area (Å²) in [4.78, 5) is 29.4. The summed E-state index contributed by atoms with van der Waals surface area (Å²) in [7, 11) is 0. The Morgan fingerprint density at radius 2 is 1.00 bits per heavy atom. The van der Waals surface area contributed by atoms with E-state index < -0.39 is 0 Å². The van der Waals surface area contributed by atoms with Crippen LogP contribution in [-0.4, -0.2) is 47.0 Å². The quantitative estimate of drug-likeness (QED) is 0.758. The number of urea groups is 2. The predicted octanol–water partition coefficient (Wildman–Crippen LogP) is 3.83. The van der Waals surface area contributed by atoms with E-state index in [0.29, 0.717) is 13.1 Å². The van der Waals surface area contributed by atoms with E-state index in [1.165, 1.54) is 22.3 Å². The van der Waals surface area contributed by atoms with Crippen molar-refractivity contribution in [3.8, 4) is 0 Å². The monoisotopic (exact) mass is 432 g/mol. The van der Waals surface area contributed by atoms with E-state index in [2.05, 4.69) is 47.0 Å². The molecule has 1 saturated carbocycles. The lowest BCUT2D eigenvalue weighted by Crippen LogP contribution is -2.51. The average Bonchev–Trinajstić information content (AvgIpc) is 2.84. The van der Waals surface area contributed by atoms with Gasteiger partial charge in [0.2, 0.25) is 0 Å². The van der Waals surface area contributed by atoms with Crippen LogP contribution in [-0.2, 0) is 25.9 Å². The third kappa shape index (κ3) is 4.59. The molecule has 1 fully saturated rings. The van der Waals surface area contributed by atoms with Gasteiger partial charge in [-0.05, 0) is 60.8 Å². The summed E-state index contributed by atoms with van der Waals surface area (Å²) in [6, 6.07) is 17.2. The van der Waals surface area contributed by atoms with E-state index in [1.807, 2.05) is 21.9 Å². The topological polar surface area (TPSA) is 64.7 Å². The minimum atomic E-state index is 0.0407. The fourth-order valence-electron chi connectivity index (χ4n) is 5.25. The molecule has 3 aliphatic rings. The van der Waals surface area contributed by atoms with Crippen molar-refractivity contribution in [2.75, 3.05) is 13.1 Å². The number of amides is 4. The molecule has 5 rings (SSSR count). The van der Waals surface area contributed by atoms with E-state index >= 15 is 0 Å². The highest BCUT2D eigenvalue weighted by molar-refractivity contribution is 5.75. The molecule has 6 heteroatoms. The van der Waals surface area contributed by atoms with Gasteiger partial charge < -0.3 is 20.4 Å². The van der Waals surface area contributed by atoms with Crippen LogP contribution in [0.5, 0.6) is 0 Å². The van der Waals surface area contributed by atoms with Crippen LogP contribution in [0.2, 0.25) is 0 Å². The predicted molar refractivity (Wildman–Crippen MR) is 124 cm³/mol. The lowest BCUT2D eigenvalue weighted by atomic mass is 9.91. The molecule has 0 radical (unpaired) electrons. The van der Waals surface area contributed by atoms with Gasteiger partial charge in [0, 0.05) is 38.3 Å². The minimum Gasteiger partial charge on any atom is -0.335 e. The molecule has 6 nitrogen and oxygen atoms in total. The molecule has 2 aromatic rings. The van der Waals surface area contributed by atoms with Crippen LogP contribution in [0.1, 0.15) is 47.9 Å². The summed E-state index contributed by atoms with van der Waals surface area (Å²) in [5.41, 5.74) is 5.20. The summed E-state index contributed by atoms with van der Waals surface area (Å²) in [5.74, 6) is 0. The third-order valence-electron chi connectivity index (χ3n) is 7.22. The van der Waals surface area contributed by atoms with Gasteiger partial charge in [-0.15, -0.1) is 0 Å². The molecule has 0 spiro atoms. The zero-order valence-corrected chi connectivity index (χ0v) is 18.6. The number of carbonyl (C=O) groups is 2. The van der Waals surface area contributed by atoms with E-state index in [4.69, 9.17) is 0 Å². The molecule has 2 aromatic carbocycles. The molecule has 4 amide bonds. The summed E-state index contributed by atoms with van der Waals surface area (Å²) in [6.45, 7) is 2.92. The number of rotatable bonds is 2.